The van der Waals surface area contributed by atoms with Gasteiger partial charge in [0.25, 0.3) is 0 Å². The van der Waals surface area contributed by atoms with Crippen molar-refractivity contribution in [1.82, 2.24) is 15.5 Å². The first-order valence-corrected chi connectivity index (χ1v) is 6.75. The molecule has 4 nitrogen and oxygen atoms in total. The Labute approximate surface area is 113 Å². The van der Waals surface area contributed by atoms with Gasteiger partial charge >= 0.3 is 0 Å². The third kappa shape index (κ3) is 2.49. The number of para-hydroxylation sites is 1. The third-order valence-electron chi connectivity index (χ3n) is 3.77. The Morgan fingerprint density at radius 2 is 2.21 bits per heavy atom. The van der Waals surface area contributed by atoms with E-state index >= 15 is 0 Å². The second-order valence-electron chi connectivity index (χ2n) is 5.03. The average Bonchev–Trinajstić information content (AvgIpc) is 3.11. The molecule has 1 aromatic carbocycles. The van der Waals surface area contributed by atoms with Crippen LogP contribution < -0.4 is 10.1 Å². The predicted octanol–water partition coefficient (Wildman–Crippen LogP) is 2.24. The van der Waals surface area contributed by atoms with Gasteiger partial charge < -0.3 is 10.1 Å². The van der Waals surface area contributed by atoms with Gasteiger partial charge in [-0.25, -0.2) is 0 Å². The van der Waals surface area contributed by atoms with Crippen molar-refractivity contribution in [1.29, 1.82) is 0 Å². The number of aromatic amines is 1. The Morgan fingerprint density at radius 3 is 3.00 bits per heavy atom. The molecule has 1 unspecified atom stereocenters. The molecule has 2 heterocycles. The molecule has 0 bridgehead atoms. The molecule has 0 amide bonds. The van der Waals surface area contributed by atoms with Gasteiger partial charge in [-0.1, -0.05) is 18.2 Å². The molecule has 100 valence electrons. The van der Waals surface area contributed by atoms with Crippen LogP contribution in [0, 0.1) is 5.92 Å². The molecule has 0 spiro atoms. The number of nitrogens with one attached hydrogen (secondary N) is 2. The van der Waals surface area contributed by atoms with Crippen LogP contribution in [0.3, 0.4) is 0 Å². The van der Waals surface area contributed by atoms with Crippen LogP contribution in [0.1, 0.15) is 12.1 Å². The number of hydrogen-bond acceptors (Lipinski definition) is 3. The van der Waals surface area contributed by atoms with E-state index in [2.05, 4.69) is 21.6 Å². The van der Waals surface area contributed by atoms with Crippen molar-refractivity contribution in [3.63, 3.8) is 0 Å². The lowest BCUT2D eigenvalue weighted by Crippen LogP contribution is -2.11. The zero-order chi connectivity index (χ0) is 13.1. The van der Waals surface area contributed by atoms with Crippen LogP contribution in [0.4, 0.5) is 0 Å². The second-order valence-corrected chi connectivity index (χ2v) is 5.03. The fourth-order valence-electron chi connectivity index (χ4n) is 2.75. The van der Waals surface area contributed by atoms with E-state index in [0.29, 0.717) is 5.92 Å². The van der Waals surface area contributed by atoms with E-state index in [0.717, 1.165) is 36.4 Å². The van der Waals surface area contributed by atoms with E-state index in [4.69, 9.17) is 4.74 Å². The van der Waals surface area contributed by atoms with Crippen LogP contribution in [0.25, 0.3) is 11.1 Å². The van der Waals surface area contributed by atoms with Crippen molar-refractivity contribution in [2.45, 2.75) is 12.8 Å². The maximum Gasteiger partial charge on any atom is 0.126 e. The van der Waals surface area contributed by atoms with E-state index in [9.17, 15) is 0 Å². The minimum absolute atomic E-state index is 0.703. The maximum atomic E-state index is 5.44. The molecule has 0 aliphatic carbocycles. The van der Waals surface area contributed by atoms with E-state index < -0.39 is 0 Å². The van der Waals surface area contributed by atoms with Gasteiger partial charge in [-0.05, 0) is 37.9 Å². The smallest absolute Gasteiger partial charge is 0.126 e. The van der Waals surface area contributed by atoms with Crippen LogP contribution in [-0.4, -0.2) is 30.4 Å². The molecule has 3 rings (SSSR count). The van der Waals surface area contributed by atoms with E-state index in [1.807, 2.05) is 24.4 Å². The van der Waals surface area contributed by atoms with Crippen LogP contribution in [0.15, 0.2) is 30.5 Å². The standard InChI is InChI=1S/C15H19N3O/c1-19-15-5-3-2-4-12(15)13-10-17-18-14(13)8-11-6-7-16-9-11/h2-5,10-11,16H,6-9H2,1H3,(H,17,18). The van der Waals surface area contributed by atoms with Crippen LogP contribution >= 0.6 is 0 Å². The van der Waals surface area contributed by atoms with Gasteiger partial charge in [0.15, 0.2) is 0 Å². The van der Waals surface area contributed by atoms with Crippen molar-refractivity contribution in [2.24, 2.45) is 5.92 Å². The summed E-state index contributed by atoms with van der Waals surface area (Å²) in [5.74, 6) is 1.60. The van der Waals surface area contributed by atoms with Crippen molar-refractivity contribution >= 4 is 0 Å². The van der Waals surface area contributed by atoms with E-state index in [1.165, 1.54) is 12.1 Å². The van der Waals surface area contributed by atoms with Crippen molar-refractivity contribution in [2.75, 3.05) is 20.2 Å². The van der Waals surface area contributed by atoms with E-state index in [-0.39, 0.29) is 0 Å². The summed E-state index contributed by atoms with van der Waals surface area (Å²) in [6.45, 7) is 2.23. The fraction of sp³-hybridized carbons (Fsp3) is 0.400. The largest absolute Gasteiger partial charge is 0.496 e. The highest BCUT2D eigenvalue weighted by molar-refractivity contribution is 5.71. The molecule has 1 fully saturated rings. The first-order chi connectivity index (χ1) is 9.38. The summed E-state index contributed by atoms with van der Waals surface area (Å²) < 4.78 is 5.44. The van der Waals surface area contributed by atoms with Gasteiger partial charge in [0.1, 0.15) is 5.75 Å². The maximum absolute atomic E-state index is 5.44. The quantitative estimate of drug-likeness (QED) is 0.883. The first-order valence-electron chi connectivity index (χ1n) is 6.75. The topological polar surface area (TPSA) is 49.9 Å². The molecule has 0 radical (unpaired) electrons. The molecule has 1 aliphatic rings. The van der Waals surface area contributed by atoms with E-state index in [1.54, 1.807) is 7.11 Å². The van der Waals surface area contributed by atoms with Gasteiger partial charge in [0, 0.05) is 16.8 Å². The number of H-pyrrole nitrogens is 1. The molecule has 1 aliphatic heterocycles. The van der Waals surface area contributed by atoms with Gasteiger partial charge in [0.05, 0.1) is 13.3 Å². The number of rotatable bonds is 4. The summed E-state index contributed by atoms with van der Waals surface area (Å²) >= 11 is 0. The molecule has 1 aromatic heterocycles. The number of methoxy groups -OCH3 is 1. The normalized spacial score (nSPS) is 18.7. The predicted molar refractivity (Wildman–Crippen MR) is 75.3 cm³/mol. The lowest BCUT2D eigenvalue weighted by molar-refractivity contribution is 0.416. The highest BCUT2D eigenvalue weighted by Crippen LogP contribution is 2.32. The molecule has 0 saturated carbocycles. The summed E-state index contributed by atoms with van der Waals surface area (Å²) in [4.78, 5) is 0. The third-order valence-corrected chi connectivity index (χ3v) is 3.77. The summed E-state index contributed by atoms with van der Waals surface area (Å²) in [6.07, 6.45) is 4.18. The van der Waals surface area contributed by atoms with Crippen molar-refractivity contribution < 1.29 is 4.74 Å². The fourth-order valence-corrected chi connectivity index (χ4v) is 2.75. The van der Waals surface area contributed by atoms with Crippen molar-refractivity contribution in [3.05, 3.63) is 36.2 Å². The highest BCUT2D eigenvalue weighted by atomic mass is 16.5. The Balaban J connectivity index is 1.90. The summed E-state index contributed by atoms with van der Waals surface area (Å²) in [5, 5.41) is 10.8. The molecule has 2 aromatic rings. The minimum atomic E-state index is 0.703. The summed E-state index contributed by atoms with van der Waals surface area (Å²) in [5.41, 5.74) is 3.47. The summed E-state index contributed by atoms with van der Waals surface area (Å²) in [6, 6.07) is 8.10. The average molecular weight is 257 g/mol. The van der Waals surface area contributed by atoms with Crippen LogP contribution in [0.5, 0.6) is 5.75 Å². The Bertz CT molecular complexity index is 544. The van der Waals surface area contributed by atoms with Crippen molar-refractivity contribution in [3.8, 4) is 16.9 Å². The minimum Gasteiger partial charge on any atom is -0.496 e. The monoisotopic (exact) mass is 257 g/mol. The van der Waals surface area contributed by atoms with Gasteiger partial charge in [-0.15, -0.1) is 0 Å². The molecule has 1 saturated heterocycles. The number of aromatic nitrogens is 2. The molecule has 1 atom stereocenters. The second kappa shape index (κ2) is 5.45. The zero-order valence-electron chi connectivity index (χ0n) is 11.1. The lowest BCUT2D eigenvalue weighted by atomic mass is 9.97. The number of benzene rings is 1. The van der Waals surface area contributed by atoms with Gasteiger partial charge in [-0.3, -0.25) is 5.10 Å². The lowest BCUT2D eigenvalue weighted by Gasteiger charge is -2.11. The Kier molecular flexibility index (Phi) is 3.51. The Hall–Kier alpha value is -1.81. The first kappa shape index (κ1) is 12.2. The molecule has 19 heavy (non-hydrogen) atoms. The van der Waals surface area contributed by atoms with Gasteiger partial charge in [-0.2, -0.15) is 5.10 Å². The molecular weight excluding hydrogens is 238 g/mol. The SMILES string of the molecule is COc1ccccc1-c1cn[nH]c1CC1CCNC1. The molecule has 2 N–H and O–H groups in total. The summed E-state index contributed by atoms with van der Waals surface area (Å²) in [7, 11) is 1.71. The molecule has 4 heteroatoms. The Morgan fingerprint density at radius 1 is 1.32 bits per heavy atom. The number of ether oxygens (including phenoxy) is 1. The molecular formula is C15H19N3O. The van der Waals surface area contributed by atoms with Crippen LogP contribution in [0.2, 0.25) is 0 Å². The van der Waals surface area contributed by atoms with Gasteiger partial charge in [0.2, 0.25) is 0 Å². The van der Waals surface area contributed by atoms with Crippen LogP contribution in [-0.2, 0) is 6.42 Å². The number of hydrogen-bond donors (Lipinski definition) is 2. The highest BCUT2D eigenvalue weighted by Gasteiger charge is 2.19. The number of nitrogens with zero attached hydrogens (tertiary/aromatic N) is 1. The zero-order valence-corrected chi connectivity index (χ0v) is 11.1.